The van der Waals surface area contributed by atoms with Gasteiger partial charge in [0.05, 0.1) is 52.9 Å². The SMILES string of the molecule is CC.CCC(=O)NCCOCCOCCOCCOCCNC. The van der Waals surface area contributed by atoms with Crippen molar-refractivity contribution in [2.45, 2.75) is 27.2 Å². The van der Waals surface area contributed by atoms with Crippen molar-refractivity contribution in [1.82, 2.24) is 10.6 Å². The number of likely N-dealkylation sites (N-methyl/N-ethyl adjacent to an activating group) is 1. The summed E-state index contributed by atoms with van der Waals surface area (Å²) in [7, 11) is 1.89. The minimum Gasteiger partial charge on any atom is -0.378 e. The predicted molar refractivity (Wildman–Crippen MR) is 91.9 cm³/mol. The van der Waals surface area contributed by atoms with E-state index in [1.165, 1.54) is 0 Å². The van der Waals surface area contributed by atoms with Crippen molar-refractivity contribution >= 4 is 5.91 Å². The normalized spacial score (nSPS) is 10.1. The average molecular weight is 336 g/mol. The number of carbonyl (C=O) groups excluding carboxylic acids is 1. The molecule has 0 aromatic heterocycles. The Hall–Kier alpha value is -0.730. The summed E-state index contributed by atoms with van der Waals surface area (Å²) in [6, 6.07) is 0. The predicted octanol–water partition coefficient (Wildman–Crippen LogP) is 0.825. The van der Waals surface area contributed by atoms with Gasteiger partial charge in [-0.15, -0.1) is 0 Å². The van der Waals surface area contributed by atoms with E-state index in [1.54, 1.807) is 0 Å². The van der Waals surface area contributed by atoms with Gasteiger partial charge in [0.2, 0.25) is 5.91 Å². The van der Waals surface area contributed by atoms with Crippen molar-refractivity contribution < 1.29 is 23.7 Å². The molecule has 0 aromatic rings. The number of hydrogen-bond donors (Lipinski definition) is 2. The molecule has 0 atom stereocenters. The van der Waals surface area contributed by atoms with Gasteiger partial charge in [-0.05, 0) is 7.05 Å². The first-order valence-electron chi connectivity index (χ1n) is 8.53. The summed E-state index contributed by atoms with van der Waals surface area (Å²) in [4.78, 5) is 10.9. The lowest BCUT2D eigenvalue weighted by Crippen LogP contribution is -2.26. The molecule has 0 spiro atoms. The molecule has 140 valence electrons. The maximum atomic E-state index is 10.9. The fourth-order valence-electron chi connectivity index (χ4n) is 1.32. The monoisotopic (exact) mass is 336 g/mol. The summed E-state index contributed by atoms with van der Waals surface area (Å²) in [5.41, 5.74) is 0. The number of ether oxygens (including phenoxy) is 4. The first kappa shape index (κ1) is 24.5. The Kier molecular flexibility index (Phi) is 25.1. The van der Waals surface area contributed by atoms with Crippen molar-refractivity contribution in [2.75, 3.05) is 73.0 Å². The number of nitrogens with one attached hydrogen (secondary N) is 2. The second kappa shape index (κ2) is 23.5. The molecule has 0 saturated heterocycles. The highest BCUT2D eigenvalue weighted by molar-refractivity contribution is 5.75. The Morgan fingerprint density at radius 1 is 0.739 bits per heavy atom. The number of carbonyl (C=O) groups is 1. The standard InChI is InChI=1S/C14H30N2O5.C2H6/c1-3-14(17)16-5-7-19-9-11-21-13-12-20-10-8-18-6-4-15-2;1-2/h15H,3-13H2,1-2H3,(H,16,17);1-2H3. The first-order valence-corrected chi connectivity index (χ1v) is 8.53. The van der Waals surface area contributed by atoms with E-state index in [2.05, 4.69) is 10.6 Å². The van der Waals surface area contributed by atoms with Gasteiger partial charge in [0, 0.05) is 19.5 Å². The third-order valence-electron chi connectivity index (χ3n) is 2.50. The summed E-state index contributed by atoms with van der Waals surface area (Å²) in [6.07, 6.45) is 0.504. The molecule has 0 saturated carbocycles. The van der Waals surface area contributed by atoms with Gasteiger partial charge in [0.15, 0.2) is 0 Å². The Bertz CT molecular complexity index is 231. The van der Waals surface area contributed by atoms with E-state index in [1.807, 2.05) is 27.8 Å². The number of hydrogen-bond acceptors (Lipinski definition) is 6. The Morgan fingerprint density at radius 3 is 1.52 bits per heavy atom. The minimum absolute atomic E-state index is 0.0435. The second-order valence-electron chi connectivity index (χ2n) is 4.26. The lowest BCUT2D eigenvalue weighted by atomic mass is 10.4. The topological polar surface area (TPSA) is 78.1 Å². The van der Waals surface area contributed by atoms with Crippen molar-refractivity contribution in [3.63, 3.8) is 0 Å². The van der Waals surface area contributed by atoms with Crippen molar-refractivity contribution in [3.8, 4) is 0 Å². The molecule has 7 heteroatoms. The molecular formula is C16H36N2O5. The van der Waals surface area contributed by atoms with Gasteiger partial charge in [0.1, 0.15) is 0 Å². The van der Waals surface area contributed by atoms with Crippen LogP contribution in [0.4, 0.5) is 0 Å². The highest BCUT2D eigenvalue weighted by Crippen LogP contribution is 1.83. The van der Waals surface area contributed by atoms with Crippen LogP contribution in [0.15, 0.2) is 0 Å². The molecule has 0 radical (unpaired) electrons. The van der Waals surface area contributed by atoms with Gasteiger partial charge in [-0.1, -0.05) is 20.8 Å². The van der Waals surface area contributed by atoms with Crippen molar-refractivity contribution in [3.05, 3.63) is 0 Å². The van der Waals surface area contributed by atoms with Crippen LogP contribution < -0.4 is 10.6 Å². The van der Waals surface area contributed by atoms with Crippen LogP contribution in [0.3, 0.4) is 0 Å². The molecule has 7 nitrogen and oxygen atoms in total. The number of rotatable bonds is 16. The van der Waals surface area contributed by atoms with E-state index in [0.717, 1.165) is 6.54 Å². The van der Waals surface area contributed by atoms with E-state index in [0.29, 0.717) is 65.8 Å². The van der Waals surface area contributed by atoms with Crippen LogP contribution in [0.5, 0.6) is 0 Å². The van der Waals surface area contributed by atoms with Crippen molar-refractivity contribution in [2.24, 2.45) is 0 Å². The molecule has 0 aliphatic rings. The maximum absolute atomic E-state index is 10.9. The van der Waals surface area contributed by atoms with Crippen LogP contribution in [-0.2, 0) is 23.7 Å². The molecule has 0 bridgehead atoms. The molecule has 0 unspecified atom stereocenters. The van der Waals surface area contributed by atoms with Gasteiger partial charge in [-0.25, -0.2) is 0 Å². The molecule has 0 aliphatic heterocycles. The summed E-state index contributed by atoms with van der Waals surface area (Å²) >= 11 is 0. The van der Waals surface area contributed by atoms with Crippen LogP contribution in [0.1, 0.15) is 27.2 Å². The van der Waals surface area contributed by atoms with Gasteiger partial charge < -0.3 is 29.6 Å². The third-order valence-corrected chi connectivity index (χ3v) is 2.50. The highest BCUT2D eigenvalue weighted by Gasteiger charge is 1.95. The summed E-state index contributed by atoms with van der Waals surface area (Å²) < 4.78 is 21.3. The second-order valence-corrected chi connectivity index (χ2v) is 4.26. The van der Waals surface area contributed by atoms with Crippen LogP contribution in [-0.4, -0.2) is 78.9 Å². The molecule has 0 heterocycles. The molecule has 0 aromatic carbocycles. The van der Waals surface area contributed by atoms with Gasteiger partial charge in [-0.3, -0.25) is 4.79 Å². The molecule has 1 amide bonds. The van der Waals surface area contributed by atoms with E-state index in [9.17, 15) is 4.79 Å². The fraction of sp³-hybridized carbons (Fsp3) is 0.938. The molecule has 23 heavy (non-hydrogen) atoms. The summed E-state index contributed by atoms with van der Waals surface area (Å²) in [5, 5.41) is 5.74. The lowest BCUT2D eigenvalue weighted by molar-refractivity contribution is -0.121. The van der Waals surface area contributed by atoms with Crippen LogP contribution in [0.25, 0.3) is 0 Å². The molecule has 0 fully saturated rings. The average Bonchev–Trinajstić information content (AvgIpc) is 2.59. The summed E-state index contributed by atoms with van der Waals surface area (Å²) in [6.45, 7) is 11.8. The van der Waals surface area contributed by atoms with Crippen LogP contribution >= 0.6 is 0 Å². The van der Waals surface area contributed by atoms with E-state index in [-0.39, 0.29) is 5.91 Å². The zero-order chi connectivity index (χ0) is 17.6. The van der Waals surface area contributed by atoms with Crippen LogP contribution in [0, 0.1) is 0 Å². The quantitative estimate of drug-likeness (QED) is 0.407. The first-order chi connectivity index (χ1) is 11.3. The van der Waals surface area contributed by atoms with Gasteiger partial charge in [-0.2, -0.15) is 0 Å². The molecule has 0 aliphatic carbocycles. The molecule has 0 rings (SSSR count). The Morgan fingerprint density at radius 2 is 1.13 bits per heavy atom. The van der Waals surface area contributed by atoms with E-state index in [4.69, 9.17) is 18.9 Å². The zero-order valence-electron chi connectivity index (χ0n) is 15.3. The van der Waals surface area contributed by atoms with Gasteiger partial charge >= 0.3 is 0 Å². The zero-order valence-corrected chi connectivity index (χ0v) is 15.3. The molecular weight excluding hydrogens is 300 g/mol. The fourth-order valence-corrected chi connectivity index (χ4v) is 1.32. The third kappa shape index (κ3) is 23.7. The van der Waals surface area contributed by atoms with E-state index < -0.39 is 0 Å². The largest absolute Gasteiger partial charge is 0.378 e. The van der Waals surface area contributed by atoms with Crippen molar-refractivity contribution in [1.29, 1.82) is 0 Å². The maximum Gasteiger partial charge on any atom is 0.219 e. The van der Waals surface area contributed by atoms with Crippen LogP contribution in [0.2, 0.25) is 0 Å². The Balaban J connectivity index is 0. The smallest absolute Gasteiger partial charge is 0.219 e. The summed E-state index contributed by atoms with van der Waals surface area (Å²) in [5.74, 6) is 0.0435. The minimum atomic E-state index is 0.0435. The Labute approximate surface area is 141 Å². The molecule has 2 N–H and O–H groups in total. The van der Waals surface area contributed by atoms with E-state index >= 15 is 0 Å². The number of amides is 1. The lowest BCUT2D eigenvalue weighted by Gasteiger charge is -2.07. The van der Waals surface area contributed by atoms with Gasteiger partial charge in [0.25, 0.3) is 0 Å². The highest BCUT2D eigenvalue weighted by atomic mass is 16.6.